The first-order valence-corrected chi connectivity index (χ1v) is 30.0. The maximum atomic E-state index is 12.9. The van der Waals surface area contributed by atoms with Crippen LogP contribution in [0.3, 0.4) is 0 Å². The van der Waals surface area contributed by atoms with E-state index in [1.807, 2.05) is 12.2 Å². The van der Waals surface area contributed by atoms with Gasteiger partial charge in [-0.2, -0.15) is 0 Å². The molecule has 0 bridgehead atoms. The molecule has 0 saturated heterocycles. The van der Waals surface area contributed by atoms with Crippen LogP contribution >= 0.6 is 0 Å². The molecule has 0 aromatic heterocycles. The number of carbonyl (C=O) groups excluding carboxylic acids is 3. The fourth-order valence-corrected chi connectivity index (χ4v) is 7.65. The maximum Gasteiger partial charge on any atom is 0.306 e. The summed E-state index contributed by atoms with van der Waals surface area (Å²) in [6, 6.07) is 0. The van der Waals surface area contributed by atoms with E-state index in [9.17, 15) is 14.4 Å². The Morgan fingerprint density at radius 3 is 0.827 bits per heavy atom. The van der Waals surface area contributed by atoms with Gasteiger partial charge in [0.25, 0.3) is 0 Å². The van der Waals surface area contributed by atoms with Gasteiger partial charge in [0.1, 0.15) is 13.2 Å². The third kappa shape index (κ3) is 59.8. The lowest BCUT2D eigenvalue weighted by atomic mass is 10.1. The average molecular weight is 1030 g/mol. The van der Waals surface area contributed by atoms with Crippen molar-refractivity contribution in [3.8, 4) is 0 Å². The number of esters is 3. The lowest BCUT2D eigenvalue weighted by molar-refractivity contribution is -0.166. The number of carbonyl (C=O) groups is 3. The zero-order valence-corrected chi connectivity index (χ0v) is 48.0. The largest absolute Gasteiger partial charge is 0.462 e. The fourth-order valence-electron chi connectivity index (χ4n) is 7.65. The summed E-state index contributed by atoms with van der Waals surface area (Å²) in [7, 11) is 0. The van der Waals surface area contributed by atoms with E-state index in [0.717, 1.165) is 141 Å². The number of hydrogen-bond acceptors (Lipinski definition) is 6. The molecule has 6 nitrogen and oxygen atoms in total. The van der Waals surface area contributed by atoms with Crippen molar-refractivity contribution in [3.63, 3.8) is 0 Å². The minimum absolute atomic E-state index is 0.115. The van der Waals surface area contributed by atoms with Crippen LogP contribution in [0.25, 0.3) is 0 Å². The molecule has 0 amide bonds. The van der Waals surface area contributed by atoms with Gasteiger partial charge in [-0.1, -0.05) is 249 Å². The van der Waals surface area contributed by atoms with Gasteiger partial charge < -0.3 is 14.2 Å². The highest BCUT2D eigenvalue weighted by molar-refractivity contribution is 5.71. The lowest BCUT2D eigenvalue weighted by Gasteiger charge is -2.18. The predicted molar refractivity (Wildman–Crippen MR) is 325 cm³/mol. The summed E-state index contributed by atoms with van der Waals surface area (Å²) in [5.74, 6) is -1.02. The van der Waals surface area contributed by atoms with Gasteiger partial charge >= 0.3 is 17.9 Å². The smallest absolute Gasteiger partial charge is 0.306 e. The van der Waals surface area contributed by atoms with Crippen LogP contribution in [0.4, 0.5) is 0 Å². The summed E-state index contributed by atoms with van der Waals surface area (Å²) in [5, 5.41) is 0. The Bertz CT molecular complexity index is 1710. The molecule has 6 heteroatoms. The van der Waals surface area contributed by atoms with E-state index < -0.39 is 6.10 Å². The van der Waals surface area contributed by atoms with Crippen molar-refractivity contribution in [1.29, 1.82) is 0 Å². The summed E-state index contributed by atoms with van der Waals surface area (Å²) >= 11 is 0. The van der Waals surface area contributed by atoms with E-state index in [-0.39, 0.29) is 37.5 Å². The molecule has 0 aromatic carbocycles. The number of unbranched alkanes of at least 4 members (excludes halogenated alkanes) is 15. The van der Waals surface area contributed by atoms with Gasteiger partial charge in [-0.05, 0) is 128 Å². The quantitative estimate of drug-likeness (QED) is 0.0261. The fraction of sp³-hybridized carbons (Fsp3) is 0.580. The van der Waals surface area contributed by atoms with Crippen molar-refractivity contribution in [2.45, 2.75) is 245 Å². The first-order chi connectivity index (χ1) is 37.0. The molecule has 0 rings (SSSR count). The van der Waals surface area contributed by atoms with Crippen LogP contribution in [0.2, 0.25) is 0 Å². The van der Waals surface area contributed by atoms with E-state index in [2.05, 4.69) is 167 Å². The van der Waals surface area contributed by atoms with Gasteiger partial charge in [0.15, 0.2) is 6.10 Å². The highest BCUT2D eigenvalue weighted by Crippen LogP contribution is 2.14. The van der Waals surface area contributed by atoms with Crippen molar-refractivity contribution >= 4 is 17.9 Å². The first kappa shape index (κ1) is 70.0. The van der Waals surface area contributed by atoms with E-state index in [1.165, 1.54) is 51.4 Å². The van der Waals surface area contributed by atoms with Crippen LogP contribution in [0, 0.1) is 0 Å². The normalized spacial score (nSPS) is 13.3. The molecule has 0 fully saturated rings. The lowest BCUT2D eigenvalue weighted by Crippen LogP contribution is -2.30. The zero-order chi connectivity index (χ0) is 54.3. The molecule has 0 aliphatic carbocycles. The molecular weight excluding hydrogens is 925 g/mol. The van der Waals surface area contributed by atoms with Crippen molar-refractivity contribution in [3.05, 3.63) is 158 Å². The standard InChI is InChI=1S/C69H108O6/c1-4-7-10-13-16-19-22-25-27-29-30-31-32-33-34-35-36-37-38-40-41-44-47-50-53-56-59-62-68(71)74-65-66(64-73-67(70)61-58-55-52-49-46-43-24-21-18-15-12-9-6-3)75-69(72)63-60-57-54-51-48-45-42-39-28-26-23-20-17-14-11-8-5-2/h7-12,16-21,25-28,30-31,33-34,36-37,43,46,52,55,66H,4-6,13-15,22-24,29,32,35,38-42,44-45,47-51,53-54,56-65H2,1-3H3/b10-7-,11-8-,12-9-,19-16-,20-17-,21-18-,27-25-,28-26-,31-30-,34-33-,37-36-,46-43-,55-52-. The van der Waals surface area contributed by atoms with E-state index >= 15 is 0 Å². The Hall–Kier alpha value is -4.97. The van der Waals surface area contributed by atoms with Crippen LogP contribution in [-0.2, 0) is 28.6 Å². The molecule has 0 aliphatic rings. The second-order valence-electron chi connectivity index (χ2n) is 19.1. The van der Waals surface area contributed by atoms with Gasteiger partial charge in [-0.25, -0.2) is 0 Å². The summed E-state index contributed by atoms with van der Waals surface area (Å²) in [6.45, 7) is 6.21. The van der Waals surface area contributed by atoms with Gasteiger partial charge in [-0.15, -0.1) is 0 Å². The number of ether oxygens (including phenoxy) is 3. The average Bonchev–Trinajstić information content (AvgIpc) is 3.41. The molecule has 0 N–H and O–H groups in total. The number of allylic oxidation sites excluding steroid dienone is 26. The second kappa shape index (κ2) is 61.6. The summed E-state index contributed by atoms with van der Waals surface area (Å²) in [6.07, 6.45) is 89.7. The second-order valence-corrected chi connectivity index (χ2v) is 19.1. The molecule has 0 saturated carbocycles. The highest BCUT2D eigenvalue weighted by Gasteiger charge is 2.19. The third-order valence-corrected chi connectivity index (χ3v) is 12.0. The minimum Gasteiger partial charge on any atom is -0.462 e. The third-order valence-electron chi connectivity index (χ3n) is 12.0. The van der Waals surface area contributed by atoms with Crippen molar-refractivity contribution in [1.82, 2.24) is 0 Å². The van der Waals surface area contributed by atoms with E-state index in [1.54, 1.807) is 0 Å². The van der Waals surface area contributed by atoms with Crippen LogP contribution in [0.1, 0.15) is 239 Å². The monoisotopic (exact) mass is 1030 g/mol. The molecule has 0 aliphatic heterocycles. The first-order valence-electron chi connectivity index (χ1n) is 30.0. The number of hydrogen-bond donors (Lipinski definition) is 0. The molecule has 0 spiro atoms. The van der Waals surface area contributed by atoms with Gasteiger partial charge in [-0.3, -0.25) is 14.4 Å². The van der Waals surface area contributed by atoms with Gasteiger partial charge in [0, 0.05) is 19.3 Å². The Balaban J connectivity index is 4.42. The highest BCUT2D eigenvalue weighted by atomic mass is 16.6. The molecule has 0 radical (unpaired) electrons. The molecule has 1 unspecified atom stereocenters. The van der Waals surface area contributed by atoms with Crippen molar-refractivity contribution < 1.29 is 28.6 Å². The van der Waals surface area contributed by atoms with Crippen LogP contribution in [0.5, 0.6) is 0 Å². The maximum absolute atomic E-state index is 12.9. The molecule has 1 atom stereocenters. The van der Waals surface area contributed by atoms with E-state index in [4.69, 9.17) is 14.2 Å². The topological polar surface area (TPSA) is 78.9 Å². The van der Waals surface area contributed by atoms with Crippen molar-refractivity contribution in [2.24, 2.45) is 0 Å². The molecular formula is C69H108O6. The van der Waals surface area contributed by atoms with Crippen LogP contribution < -0.4 is 0 Å². The summed E-state index contributed by atoms with van der Waals surface area (Å²) in [5.41, 5.74) is 0. The minimum atomic E-state index is -0.824. The summed E-state index contributed by atoms with van der Waals surface area (Å²) < 4.78 is 16.8. The Labute approximate surface area is 460 Å². The molecule has 0 heterocycles. The molecule has 420 valence electrons. The SMILES string of the molecule is CC/C=C\C/C=C\C/C=C\C/C=C\C/C=C\C/C=C\CCCCCCCCCCC(=O)OCC(COC(=O)CC/C=C\C/C=C\C/C=C\C/C=C\CC)OC(=O)CCCCCCCCC/C=C\C/C=C\C/C=C\CC. The van der Waals surface area contributed by atoms with Gasteiger partial charge in [0.2, 0.25) is 0 Å². The van der Waals surface area contributed by atoms with Crippen molar-refractivity contribution in [2.75, 3.05) is 13.2 Å². The van der Waals surface area contributed by atoms with Crippen LogP contribution in [0.15, 0.2) is 158 Å². The molecule has 0 aromatic rings. The number of rotatable bonds is 52. The Morgan fingerprint density at radius 2 is 0.507 bits per heavy atom. The Kier molecular flexibility index (Phi) is 57.5. The van der Waals surface area contributed by atoms with Crippen LogP contribution in [-0.4, -0.2) is 37.2 Å². The van der Waals surface area contributed by atoms with E-state index in [0.29, 0.717) is 19.3 Å². The Morgan fingerprint density at radius 1 is 0.267 bits per heavy atom. The zero-order valence-electron chi connectivity index (χ0n) is 48.0. The summed E-state index contributed by atoms with van der Waals surface area (Å²) in [4.78, 5) is 38.2. The van der Waals surface area contributed by atoms with Gasteiger partial charge in [0.05, 0.1) is 0 Å². The predicted octanol–water partition coefficient (Wildman–Crippen LogP) is 20.5. The molecule has 75 heavy (non-hydrogen) atoms.